The lowest BCUT2D eigenvalue weighted by Gasteiger charge is -2.10. The quantitative estimate of drug-likeness (QED) is 0.176. The van der Waals surface area contributed by atoms with Gasteiger partial charge in [-0.25, -0.2) is 17.6 Å². The number of fused-ring (bicyclic) bond motifs is 1. The summed E-state index contributed by atoms with van der Waals surface area (Å²) in [7, 11) is 0. The zero-order valence-corrected chi connectivity index (χ0v) is 18.7. The van der Waals surface area contributed by atoms with E-state index >= 15 is 4.39 Å². The first-order valence-electron chi connectivity index (χ1n) is 10.6. The topological polar surface area (TPSA) is 0 Å². The van der Waals surface area contributed by atoms with Crippen molar-refractivity contribution in [1.82, 2.24) is 0 Å². The highest BCUT2D eigenvalue weighted by molar-refractivity contribution is 7.19. The van der Waals surface area contributed by atoms with Gasteiger partial charge >= 0.3 is 0 Å². The number of hydrogen-bond acceptors (Lipinski definition) is 1. The van der Waals surface area contributed by atoms with Crippen molar-refractivity contribution in [2.45, 2.75) is 6.42 Å². The van der Waals surface area contributed by atoms with Gasteiger partial charge in [-0.05, 0) is 70.5 Å². The molecule has 4 aromatic carbocycles. The summed E-state index contributed by atoms with van der Waals surface area (Å²) in [6, 6.07) is 20.4. The van der Waals surface area contributed by atoms with E-state index in [2.05, 4.69) is 12.6 Å². The van der Waals surface area contributed by atoms with Crippen LogP contribution in [0.15, 0.2) is 91.5 Å². The Morgan fingerprint density at radius 2 is 1.15 bits per heavy atom. The van der Waals surface area contributed by atoms with E-state index < -0.39 is 23.3 Å². The molecular weight excluding hydrogens is 456 g/mol. The number of rotatable bonds is 5. The number of benzene rings is 4. The zero-order valence-electron chi connectivity index (χ0n) is 17.9. The van der Waals surface area contributed by atoms with Crippen molar-refractivity contribution in [3.63, 3.8) is 0 Å². The van der Waals surface area contributed by atoms with Gasteiger partial charge in [-0.15, -0.1) is 17.9 Å². The second kappa shape index (κ2) is 8.92. The van der Waals surface area contributed by atoms with Gasteiger partial charge in [0.2, 0.25) is 0 Å². The van der Waals surface area contributed by atoms with E-state index in [0.717, 1.165) is 39.8 Å². The molecule has 0 atom stereocenters. The molecule has 1 aromatic heterocycles. The maximum Gasteiger partial charge on any atom is 0.159 e. The first-order chi connectivity index (χ1) is 16.4. The van der Waals surface area contributed by atoms with Gasteiger partial charge in [0.05, 0.1) is 0 Å². The van der Waals surface area contributed by atoms with E-state index in [1.165, 1.54) is 29.1 Å². The Morgan fingerprint density at radius 3 is 1.79 bits per heavy atom. The lowest BCUT2D eigenvalue weighted by Crippen LogP contribution is -1.91. The molecule has 0 bridgehead atoms. The molecule has 0 saturated carbocycles. The van der Waals surface area contributed by atoms with Crippen LogP contribution in [0.5, 0.6) is 0 Å². The van der Waals surface area contributed by atoms with Crippen LogP contribution >= 0.6 is 11.3 Å². The van der Waals surface area contributed by atoms with E-state index in [-0.39, 0.29) is 16.7 Å². The second-order valence-corrected chi connectivity index (χ2v) is 9.14. The van der Waals surface area contributed by atoms with Crippen LogP contribution in [0.1, 0.15) is 4.88 Å². The highest BCUT2D eigenvalue weighted by Crippen LogP contribution is 2.34. The Bertz CT molecular complexity index is 1550. The summed E-state index contributed by atoms with van der Waals surface area (Å²) in [5.74, 6) is -3.18. The third kappa shape index (κ3) is 4.15. The summed E-state index contributed by atoms with van der Waals surface area (Å²) >= 11 is 1.69. The molecule has 5 aromatic rings. The maximum absolute atomic E-state index is 15.1. The standard InChI is InChI=1S/C29H18F4S/c1-2-3-22-12-21-5-4-18(16-29(21)34-22)17-6-9-23(26(31)13-17)19-7-10-24(27(32)14-19)20-8-11-25(30)28(33)15-20/h2,4-16H,1,3H2. The highest BCUT2D eigenvalue weighted by atomic mass is 32.1. The van der Waals surface area contributed by atoms with Crippen molar-refractivity contribution in [3.05, 3.63) is 120 Å². The summed E-state index contributed by atoms with van der Waals surface area (Å²) in [5.41, 5.74) is 2.55. The molecule has 1 heterocycles. The fourth-order valence-corrected chi connectivity index (χ4v) is 5.12. The number of thiophene rings is 1. The molecule has 5 heteroatoms. The smallest absolute Gasteiger partial charge is 0.159 e. The number of allylic oxidation sites excluding steroid dienone is 1. The molecule has 34 heavy (non-hydrogen) atoms. The van der Waals surface area contributed by atoms with Crippen LogP contribution in [-0.2, 0) is 6.42 Å². The molecule has 0 saturated heterocycles. The van der Waals surface area contributed by atoms with Crippen molar-refractivity contribution in [1.29, 1.82) is 0 Å². The average molecular weight is 475 g/mol. The second-order valence-electron chi connectivity index (χ2n) is 7.98. The van der Waals surface area contributed by atoms with Crippen molar-refractivity contribution >= 4 is 21.4 Å². The molecule has 0 fully saturated rings. The highest BCUT2D eigenvalue weighted by Gasteiger charge is 2.13. The fourth-order valence-electron chi connectivity index (χ4n) is 4.02. The molecule has 0 aliphatic rings. The van der Waals surface area contributed by atoms with E-state index in [1.807, 2.05) is 24.3 Å². The molecule has 0 aliphatic heterocycles. The van der Waals surface area contributed by atoms with Crippen LogP contribution in [0.3, 0.4) is 0 Å². The molecule has 0 unspecified atom stereocenters. The minimum absolute atomic E-state index is 0.111. The van der Waals surface area contributed by atoms with Gasteiger partial charge in [0.1, 0.15) is 11.6 Å². The molecule has 0 N–H and O–H groups in total. The third-order valence-electron chi connectivity index (χ3n) is 5.73. The minimum atomic E-state index is -1.06. The zero-order chi connectivity index (χ0) is 23.8. The van der Waals surface area contributed by atoms with E-state index in [4.69, 9.17) is 0 Å². The Labute approximate surface area is 198 Å². The van der Waals surface area contributed by atoms with E-state index in [1.54, 1.807) is 29.5 Å². The summed E-state index contributed by atoms with van der Waals surface area (Å²) in [5, 5.41) is 1.14. The van der Waals surface area contributed by atoms with Crippen LogP contribution in [0.25, 0.3) is 43.5 Å². The Kier molecular flexibility index (Phi) is 5.80. The lowest BCUT2D eigenvalue weighted by atomic mass is 9.97. The summed E-state index contributed by atoms with van der Waals surface area (Å²) in [6.07, 6.45) is 2.68. The van der Waals surface area contributed by atoms with Crippen molar-refractivity contribution in [2.24, 2.45) is 0 Å². The Balaban J connectivity index is 1.46. The largest absolute Gasteiger partial charge is 0.206 e. The molecule has 0 nitrogen and oxygen atoms in total. The molecule has 0 amide bonds. The molecular formula is C29H18F4S. The predicted molar refractivity (Wildman–Crippen MR) is 132 cm³/mol. The van der Waals surface area contributed by atoms with Crippen LogP contribution in [0, 0.1) is 23.3 Å². The van der Waals surface area contributed by atoms with Gasteiger partial charge < -0.3 is 0 Å². The molecule has 0 aliphatic carbocycles. The van der Waals surface area contributed by atoms with Gasteiger partial charge in [0.15, 0.2) is 11.6 Å². The van der Waals surface area contributed by atoms with Crippen molar-refractivity contribution < 1.29 is 17.6 Å². The number of hydrogen-bond donors (Lipinski definition) is 0. The van der Waals surface area contributed by atoms with Crippen molar-refractivity contribution in [2.75, 3.05) is 0 Å². The first-order valence-corrected chi connectivity index (χ1v) is 11.4. The predicted octanol–water partition coefficient (Wildman–Crippen LogP) is 9.19. The normalized spacial score (nSPS) is 11.2. The van der Waals surface area contributed by atoms with Crippen LogP contribution in [-0.4, -0.2) is 0 Å². The fraction of sp³-hybridized carbons (Fsp3) is 0.0345. The summed E-state index contributed by atoms with van der Waals surface area (Å²) in [4.78, 5) is 1.22. The minimum Gasteiger partial charge on any atom is -0.206 e. The lowest BCUT2D eigenvalue weighted by molar-refractivity contribution is 0.509. The summed E-state index contributed by atoms with van der Waals surface area (Å²) in [6.45, 7) is 3.78. The maximum atomic E-state index is 15.1. The van der Waals surface area contributed by atoms with Gasteiger partial charge in [0, 0.05) is 20.7 Å². The van der Waals surface area contributed by atoms with Gasteiger partial charge in [-0.2, -0.15) is 0 Å². The number of halogens is 4. The molecule has 5 rings (SSSR count). The van der Waals surface area contributed by atoms with Gasteiger partial charge in [-0.1, -0.05) is 48.5 Å². The van der Waals surface area contributed by atoms with Crippen LogP contribution < -0.4 is 0 Å². The molecule has 0 radical (unpaired) electrons. The SMILES string of the molecule is C=CCc1cc2ccc(-c3ccc(-c4ccc(-c5ccc(F)c(F)c5)c(F)c4)c(F)c3)cc2s1. The monoisotopic (exact) mass is 474 g/mol. The molecule has 0 spiro atoms. The van der Waals surface area contributed by atoms with Crippen LogP contribution in [0.4, 0.5) is 17.6 Å². The van der Waals surface area contributed by atoms with Crippen molar-refractivity contribution in [3.8, 4) is 33.4 Å². The van der Waals surface area contributed by atoms with Gasteiger partial charge in [0.25, 0.3) is 0 Å². The Hall–Kier alpha value is -3.70. The van der Waals surface area contributed by atoms with Crippen LogP contribution in [0.2, 0.25) is 0 Å². The van der Waals surface area contributed by atoms with E-state index in [9.17, 15) is 13.2 Å². The van der Waals surface area contributed by atoms with Gasteiger partial charge in [-0.3, -0.25) is 0 Å². The third-order valence-corrected chi connectivity index (χ3v) is 6.85. The summed E-state index contributed by atoms with van der Waals surface area (Å²) < 4.78 is 57.7. The molecule has 168 valence electrons. The Morgan fingerprint density at radius 1 is 0.588 bits per heavy atom. The average Bonchev–Trinajstić information content (AvgIpc) is 3.23. The first kappa shape index (κ1) is 22.1. The van der Waals surface area contributed by atoms with E-state index in [0.29, 0.717) is 5.56 Å².